The first-order valence-electron chi connectivity index (χ1n) is 8.92. The maximum Gasteiger partial charge on any atom is 0.330 e. The van der Waals surface area contributed by atoms with Crippen molar-refractivity contribution in [2.24, 2.45) is 0 Å². The Morgan fingerprint density at radius 2 is 1.88 bits per heavy atom. The van der Waals surface area contributed by atoms with E-state index < -0.39 is 11.2 Å². The smallest absolute Gasteiger partial charge is 0.330 e. The van der Waals surface area contributed by atoms with Crippen molar-refractivity contribution in [3.05, 3.63) is 56.2 Å². The zero-order valence-electron chi connectivity index (χ0n) is 15.5. The summed E-state index contributed by atoms with van der Waals surface area (Å²) in [6.45, 7) is 6.47. The largest absolute Gasteiger partial charge is 0.383 e. The number of unbranched alkanes of at least 4 members (excludes halogenated alkanes) is 1. The van der Waals surface area contributed by atoms with Gasteiger partial charge in [0, 0.05) is 18.7 Å². The number of nitrogens with two attached hydrogens (primary N) is 1. The van der Waals surface area contributed by atoms with Crippen LogP contribution >= 0.6 is 0 Å². The molecule has 0 atom stereocenters. The summed E-state index contributed by atoms with van der Waals surface area (Å²) < 4.78 is 1.31. The average molecular weight is 358 g/mol. The van der Waals surface area contributed by atoms with Crippen molar-refractivity contribution >= 4 is 17.4 Å². The minimum Gasteiger partial charge on any atom is -0.383 e. The molecule has 3 N–H and O–H groups in total. The number of amides is 1. The van der Waals surface area contributed by atoms with Crippen molar-refractivity contribution in [2.75, 3.05) is 17.2 Å². The normalized spacial score (nSPS) is 10.7. The summed E-state index contributed by atoms with van der Waals surface area (Å²) in [5.41, 5.74) is 6.31. The lowest BCUT2D eigenvalue weighted by Gasteiger charge is -2.25. The molecular formula is C19H26N4O3. The standard InChI is InChI=1S/C19H26N4O3/c1-4-6-12-22(18(25)14-10-8-7-9-13(14)3)15-16(20)23(11-5-2)19(26)21-17(15)24/h7-10H,4-6,11-12,20H2,1-3H3,(H,21,24,26). The fourth-order valence-corrected chi connectivity index (χ4v) is 2.87. The summed E-state index contributed by atoms with van der Waals surface area (Å²) in [6.07, 6.45) is 2.24. The molecule has 2 aromatic rings. The molecular weight excluding hydrogens is 332 g/mol. The van der Waals surface area contributed by atoms with Crippen LogP contribution in [-0.4, -0.2) is 22.0 Å². The molecule has 7 nitrogen and oxygen atoms in total. The minimum atomic E-state index is -0.641. The second kappa shape index (κ2) is 8.51. The number of aromatic amines is 1. The van der Waals surface area contributed by atoms with E-state index in [9.17, 15) is 14.4 Å². The molecule has 0 aliphatic heterocycles. The van der Waals surface area contributed by atoms with Crippen molar-refractivity contribution in [2.45, 2.75) is 46.6 Å². The third kappa shape index (κ3) is 3.87. The number of carbonyl (C=O) groups excluding carboxylic acids is 1. The number of rotatable bonds is 7. The number of nitrogen functional groups attached to an aromatic ring is 1. The van der Waals surface area contributed by atoms with Gasteiger partial charge in [0.25, 0.3) is 11.5 Å². The Bertz CT molecular complexity index is 898. The van der Waals surface area contributed by atoms with Gasteiger partial charge in [-0.2, -0.15) is 0 Å². The Labute approximate surface area is 152 Å². The highest BCUT2D eigenvalue weighted by Crippen LogP contribution is 2.21. The van der Waals surface area contributed by atoms with Crippen molar-refractivity contribution in [1.82, 2.24) is 9.55 Å². The molecule has 0 aliphatic carbocycles. The quantitative estimate of drug-likeness (QED) is 0.793. The molecule has 26 heavy (non-hydrogen) atoms. The van der Waals surface area contributed by atoms with Gasteiger partial charge in [0.1, 0.15) is 5.82 Å². The summed E-state index contributed by atoms with van der Waals surface area (Å²) in [5.74, 6) is -0.269. The maximum atomic E-state index is 13.2. The number of carbonyl (C=O) groups is 1. The lowest BCUT2D eigenvalue weighted by atomic mass is 10.1. The Kier molecular flexibility index (Phi) is 6.38. The van der Waals surface area contributed by atoms with Crippen molar-refractivity contribution < 1.29 is 4.79 Å². The summed E-state index contributed by atoms with van der Waals surface area (Å²) in [4.78, 5) is 41.4. The molecule has 1 aromatic carbocycles. The predicted molar refractivity (Wildman–Crippen MR) is 104 cm³/mol. The molecule has 0 radical (unpaired) electrons. The Morgan fingerprint density at radius 1 is 1.19 bits per heavy atom. The van der Waals surface area contributed by atoms with Crippen LogP contribution in [0, 0.1) is 6.92 Å². The van der Waals surface area contributed by atoms with Crippen LogP contribution in [0.25, 0.3) is 0 Å². The van der Waals surface area contributed by atoms with Gasteiger partial charge in [0.15, 0.2) is 5.69 Å². The van der Waals surface area contributed by atoms with Gasteiger partial charge in [0.2, 0.25) is 0 Å². The molecule has 0 fully saturated rings. The zero-order chi connectivity index (χ0) is 19.3. The molecule has 0 saturated heterocycles. The van der Waals surface area contributed by atoms with Crippen molar-refractivity contribution in [3.8, 4) is 0 Å². The van der Waals surface area contributed by atoms with E-state index in [0.717, 1.165) is 12.0 Å². The van der Waals surface area contributed by atoms with Gasteiger partial charge in [-0.1, -0.05) is 38.5 Å². The lowest BCUT2D eigenvalue weighted by molar-refractivity contribution is 0.0985. The van der Waals surface area contributed by atoms with E-state index >= 15 is 0 Å². The van der Waals surface area contributed by atoms with Crippen LogP contribution in [-0.2, 0) is 6.54 Å². The molecule has 2 rings (SSSR count). The first kappa shape index (κ1) is 19.5. The fourth-order valence-electron chi connectivity index (χ4n) is 2.87. The van der Waals surface area contributed by atoms with Crippen LogP contribution < -0.4 is 21.9 Å². The fraction of sp³-hybridized carbons (Fsp3) is 0.421. The molecule has 0 spiro atoms. The SMILES string of the molecule is CCCCN(C(=O)c1ccccc1C)c1c(N)n(CCC)c(=O)[nH]c1=O. The van der Waals surface area contributed by atoms with Gasteiger partial charge < -0.3 is 10.6 Å². The molecule has 1 aromatic heterocycles. The van der Waals surface area contributed by atoms with E-state index in [1.807, 2.05) is 32.9 Å². The van der Waals surface area contributed by atoms with E-state index in [4.69, 9.17) is 5.73 Å². The molecule has 0 aliphatic rings. The highest BCUT2D eigenvalue weighted by Gasteiger charge is 2.25. The third-order valence-electron chi connectivity index (χ3n) is 4.29. The second-order valence-corrected chi connectivity index (χ2v) is 6.27. The summed E-state index contributed by atoms with van der Waals surface area (Å²) >= 11 is 0. The summed E-state index contributed by atoms with van der Waals surface area (Å²) in [6, 6.07) is 7.20. The van der Waals surface area contributed by atoms with Crippen LogP contribution in [0.15, 0.2) is 33.9 Å². The molecule has 140 valence electrons. The Balaban J connectivity index is 2.63. The van der Waals surface area contributed by atoms with Gasteiger partial charge in [-0.15, -0.1) is 0 Å². The number of H-pyrrole nitrogens is 1. The number of hydrogen-bond acceptors (Lipinski definition) is 4. The van der Waals surface area contributed by atoms with E-state index in [1.54, 1.807) is 12.1 Å². The van der Waals surface area contributed by atoms with Gasteiger partial charge in [-0.05, 0) is 31.4 Å². The molecule has 1 amide bonds. The maximum absolute atomic E-state index is 13.2. The average Bonchev–Trinajstić information content (AvgIpc) is 2.61. The Hall–Kier alpha value is -2.83. The van der Waals surface area contributed by atoms with Gasteiger partial charge >= 0.3 is 5.69 Å². The topological polar surface area (TPSA) is 101 Å². The van der Waals surface area contributed by atoms with E-state index in [2.05, 4.69) is 4.98 Å². The minimum absolute atomic E-state index is 0.0265. The molecule has 0 bridgehead atoms. The molecule has 7 heteroatoms. The number of anilines is 2. The predicted octanol–water partition coefficient (Wildman–Crippen LogP) is 2.28. The first-order valence-corrected chi connectivity index (χ1v) is 8.92. The van der Waals surface area contributed by atoms with Crippen LogP contribution in [0.5, 0.6) is 0 Å². The van der Waals surface area contributed by atoms with Crippen molar-refractivity contribution in [3.63, 3.8) is 0 Å². The van der Waals surface area contributed by atoms with Crippen LogP contribution in [0.3, 0.4) is 0 Å². The molecule has 1 heterocycles. The first-order chi connectivity index (χ1) is 12.4. The highest BCUT2D eigenvalue weighted by atomic mass is 16.2. The number of aryl methyl sites for hydroxylation is 1. The van der Waals surface area contributed by atoms with Crippen LogP contribution in [0.4, 0.5) is 11.5 Å². The number of nitrogens with zero attached hydrogens (tertiary/aromatic N) is 2. The zero-order valence-corrected chi connectivity index (χ0v) is 15.5. The molecule has 0 unspecified atom stereocenters. The molecule has 0 saturated carbocycles. The lowest BCUT2D eigenvalue weighted by Crippen LogP contribution is -2.41. The van der Waals surface area contributed by atoms with E-state index in [-0.39, 0.29) is 17.4 Å². The third-order valence-corrected chi connectivity index (χ3v) is 4.29. The van der Waals surface area contributed by atoms with E-state index in [0.29, 0.717) is 31.5 Å². The number of nitrogens with one attached hydrogen (secondary N) is 1. The summed E-state index contributed by atoms with van der Waals surface area (Å²) in [7, 11) is 0. The van der Waals surface area contributed by atoms with Gasteiger partial charge in [-0.3, -0.25) is 19.1 Å². The monoisotopic (exact) mass is 358 g/mol. The van der Waals surface area contributed by atoms with E-state index in [1.165, 1.54) is 9.47 Å². The van der Waals surface area contributed by atoms with Gasteiger partial charge in [-0.25, -0.2) is 4.79 Å². The second-order valence-electron chi connectivity index (χ2n) is 6.27. The van der Waals surface area contributed by atoms with Gasteiger partial charge in [0.05, 0.1) is 0 Å². The van der Waals surface area contributed by atoms with Crippen molar-refractivity contribution in [1.29, 1.82) is 0 Å². The summed E-state index contributed by atoms with van der Waals surface area (Å²) in [5, 5.41) is 0. The number of benzene rings is 1. The number of aromatic nitrogens is 2. The van der Waals surface area contributed by atoms with Crippen LogP contribution in [0.1, 0.15) is 49.0 Å². The van der Waals surface area contributed by atoms with Crippen LogP contribution in [0.2, 0.25) is 0 Å². The highest BCUT2D eigenvalue weighted by molar-refractivity contribution is 6.08. The number of hydrogen-bond donors (Lipinski definition) is 2. The Morgan fingerprint density at radius 3 is 2.50 bits per heavy atom.